The molecule has 0 aromatic rings. The molecule has 8 heteroatoms. The second kappa shape index (κ2) is 6.43. The van der Waals surface area contributed by atoms with E-state index in [1.807, 2.05) is 26.0 Å². The molecule has 0 saturated heterocycles. The van der Waals surface area contributed by atoms with Crippen molar-refractivity contribution >= 4 is 11.9 Å². The van der Waals surface area contributed by atoms with E-state index >= 15 is 0 Å². The lowest BCUT2D eigenvalue weighted by atomic mass is 10.6. The highest BCUT2D eigenvalue weighted by Crippen LogP contribution is 2.11. The van der Waals surface area contributed by atoms with Crippen molar-refractivity contribution in [3.8, 4) is 0 Å². The first-order valence-corrected chi connectivity index (χ1v) is 4.58. The Bertz CT molecular complexity index is 280. The van der Waals surface area contributed by atoms with Gasteiger partial charge in [-0.1, -0.05) is 0 Å². The van der Waals surface area contributed by atoms with Gasteiger partial charge in [-0.05, 0) is 0 Å². The van der Waals surface area contributed by atoms with Gasteiger partial charge >= 0.3 is 6.18 Å². The molecule has 0 saturated carbocycles. The fourth-order valence-corrected chi connectivity index (χ4v) is 1.10. The van der Waals surface area contributed by atoms with E-state index in [0.717, 1.165) is 10.4 Å². The highest BCUT2D eigenvalue weighted by molar-refractivity contribution is 5.72. The Kier molecular flexibility index (Phi) is 6.83. The molecule has 0 spiro atoms. The van der Waals surface area contributed by atoms with Crippen molar-refractivity contribution in [2.24, 2.45) is 4.99 Å². The van der Waals surface area contributed by atoms with Crippen LogP contribution in [0, 0.1) is 0 Å². The smallest absolute Gasteiger partial charge is 0.430 e. The van der Waals surface area contributed by atoms with Crippen molar-refractivity contribution in [1.82, 2.24) is 4.90 Å². The van der Waals surface area contributed by atoms with Crippen molar-refractivity contribution in [2.45, 2.75) is 6.18 Å². The van der Waals surface area contributed by atoms with E-state index in [9.17, 15) is 13.2 Å². The van der Waals surface area contributed by atoms with E-state index < -0.39 is 12.1 Å². The molecule has 5 nitrogen and oxygen atoms in total. The van der Waals surface area contributed by atoms with E-state index in [4.69, 9.17) is 9.90 Å². The molecule has 0 aromatic heterocycles. The van der Waals surface area contributed by atoms with Crippen LogP contribution in [0.1, 0.15) is 0 Å². The van der Waals surface area contributed by atoms with Crippen LogP contribution in [0.15, 0.2) is 4.99 Å². The van der Waals surface area contributed by atoms with E-state index in [1.165, 1.54) is 0 Å². The monoisotopic (exact) mass is 257 g/mol. The van der Waals surface area contributed by atoms with Gasteiger partial charge in [0.2, 0.25) is 0 Å². The van der Waals surface area contributed by atoms with Crippen LogP contribution in [0.3, 0.4) is 0 Å². The van der Waals surface area contributed by atoms with Crippen LogP contribution in [0.4, 0.5) is 13.2 Å². The van der Waals surface area contributed by atoms with Gasteiger partial charge in [0.05, 0.1) is 21.1 Å². The number of carboxylic acid groups (broad SMARTS) is 1. The van der Waals surface area contributed by atoms with E-state index in [2.05, 4.69) is 26.1 Å². The number of hydrogen-bond donors (Lipinski definition) is 0. The average molecular weight is 257 g/mol. The van der Waals surface area contributed by atoms with Crippen LogP contribution in [0.5, 0.6) is 0 Å². The number of guanidine groups is 1. The summed E-state index contributed by atoms with van der Waals surface area (Å²) in [6.45, 7) is 0. The van der Waals surface area contributed by atoms with Crippen LogP contribution in [-0.4, -0.2) is 69.8 Å². The lowest BCUT2D eigenvalue weighted by Crippen LogP contribution is -2.48. The number of aliphatic imine (C=N–C) groups is 1. The molecular weight excluding hydrogens is 239 g/mol. The van der Waals surface area contributed by atoms with Crippen molar-refractivity contribution in [3.05, 3.63) is 0 Å². The van der Waals surface area contributed by atoms with Gasteiger partial charge in [0.25, 0.3) is 5.96 Å². The van der Waals surface area contributed by atoms with Gasteiger partial charge in [-0.15, -0.1) is 0 Å². The number of carbonyl (C=O) groups is 1. The summed E-state index contributed by atoms with van der Waals surface area (Å²) in [6.07, 6.45) is -5.19. The molecule has 0 rings (SSSR count). The molecule has 0 amide bonds. The first-order valence-electron chi connectivity index (χ1n) is 4.58. The predicted molar refractivity (Wildman–Crippen MR) is 56.1 cm³/mol. The van der Waals surface area contributed by atoms with Crippen molar-refractivity contribution in [3.63, 3.8) is 0 Å². The summed E-state index contributed by atoms with van der Waals surface area (Å²) in [4.78, 5) is 15.0. The van der Waals surface area contributed by atoms with Gasteiger partial charge in [0.15, 0.2) is 0 Å². The minimum atomic E-state index is -5.19. The van der Waals surface area contributed by atoms with Crippen LogP contribution >= 0.6 is 0 Å². The van der Waals surface area contributed by atoms with Crippen molar-refractivity contribution in [1.29, 1.82) is 0 Å². The lowest BCUT2D eigenvalue weighted by molar-refractivity contribution is -0.782. The summed E-state index contributed by atoms with van der Waals surface area (Å²) in [5.74, 6) is -1.94. The van der Waals surface area contributed by atoms with E-state index in [-0.39, 0.29) is 0 Å². The molecule has 0 aromatic carbocycles. The number of quaternary nitrogens is 1. The fourth-order valence-electron chi connectivity index (χ4n) is 1.10. The minimum Gasteiger partial charge on any atom is -0.542 e. The second-order valence-corrected chi connectivity index (χ2v) is 4.22. The first kappa shape index (κ1) is 18.1. The molecule has 0 N–H and O–H groups in total. The zero-order valence-corrected chi connectivity index (χ0v) is 10.8. The number of halogens is 3. The van der Waals surface area contributed by atoms with Crippen molar-refractivity contribution in [2.75, 3.05) is 42.3 Å². The quantitative estimate of drug-likeness (QED) is 0.335. The largest absolute Gasteiger partial charge is 0.542 e. The van der Waals surface area contributed by atoms with Crippen LogP contribution < -0.4 is 5.11 Å². The molecule has 0 atom stereocenters. The first-order chi connectivity index (χ1) is 7.34. The Morgan fingerprint density at radius 3 is 1.53 bits per heavy atom. The molecule has 0 bridgehead atoms. The number of alkyl halides is 3. The Hall–Kier alpha value is -1.31. The van der Waals surface area contributed by atoms with Crippen LogP contribution in [0.25, 0.3) is 0 Å². The molecule has 17 heavy (non-hydrogen) atoms. The lowest BCUT2D eigenvalue weighted by Gasteiger charge is -2.28. The Morgan fingerprint density at radius 2 is 1.53 bits per heavy atom. The number of aliphatic carboxylic acids is 1. The third-order valence-electron chi connectivity index (χ3n) is 1.43. The van der Waals surface area contributed by atoms with Gasteiger partial charge in [-0.3, -0.25) is 4.48 Å². The third kappa shape index (κ3) is 8.49. The molecule has 0 aliphatic carbocycles. The number of carboxylic acids is 1. The minimum absolute atomic E-state index is 0.767. The Balaban J connectivity index is 0. The number of rotatable bonds is 0. The van der Waals surface area contributed by atoms with Gasteiger partial charge in [0.1, 0.15) is 5.97 Å². The summed E-state index contributed by atoms with van der Waals surface area (Å²) in [6, 6.07) is 0. The maximum Gasteiger partial charge on any atom is 0.430 e. The zero-order valence-electron chi connectivity index (χ0n) is 10.8. The molecule has 0 heterocycles. The van der Waals surface area contributed by atoms with Gasteiger partial charge in [0, 0.05) is 21.1 Å². The highest BCUT2D eigenvalue weighted by Gasteiger charge is 2.28. The molecule has 0 aliphatic rings. The Labute approximate surface area is 98.7 Å². The second-order valence-electron chi connectivity index (χ2n) is 4.22. The van der Waals surface area contributed by atoms with Gasteiger partial charge in [-0.2, -0.15) is 13.2 Å². The predicted octanol–water partition coefficient (Wildman–Crippen LogP) is -0.461. The molecule has 0 aliphatic heterocycles. The Morgan fingerprint density at radius 1 is 1.24 bits per heavy atom. The van der Waals surface area contributed by atoms with Crippen molar-refractivity contribution < 1.29 is 27.6 Å². The number of hydrogen-bond acceptors (Lipinski definition) is 3. The van der Waals surface area contributed by atoms with Gasteiger partial charge < -0.3 is 14.8 Å². The summed E-state index contributed by atoms with van der Waals surface area (Å²) in [5, 5.41) is 8.78. The maximum absolute atomic E-state index is 10.5. The van der Waals surface area contributed by atoms with Gasteiger partial charge in [-0.25, -0.2) is 4.99 Å². The summed E-state index contributed by atoms with van der Waals surface area (Å²) in [7, 11) is 12.1. The molecular formula is C9H18F3N3O2. The highest BCUT2D eigenvalue weighted by atomic mass is 19.4. The molecule has 0 radical (unpaired) electrons. The SMILES string of the molecule is C/N=C(\N(C)C)[N+](C)(C)C.O=C([O-])C(F)(F)F. The summed E-state index contributed by atoms with van der Waals surface area (Å²) in [5.41, 5.74) is 0. The number of nitrogens with zero attached hydrogens (tertiary/aromatic N) is 3. The molecule has 0 unspecified atom stereocenters. The van der Waals surface area contributed by atoms with E-state index in [1.54, 1.807) is 0 Å². The topological polar surface area (TPSA) is 55.7 Å². The molecule has 102 valence electrons. The number of carbonyl (C=O) groups excluding carboxylic acids is 1. The standard InChI is InChI=1S/C7H18N3.C2HF3O2/c1-8-7(9(2)3)10(4,5)6;3-2(4,5)1(6)7/h1-6H3;(H,6,7)/q+1;/p-1/b8-7+;. The normalized spacial score (nSPS) is 12.6. The molecule has 0 fully saturated rings. The summed E-state index contributed by atoms with van der Waals surface area (Å²) >= 11 is 0. The fraction of sp³-hybridized carbons (Fsp3) is 0.778. The van der Waals surface area contributed by atoms with Crippen LogP contribution in [-0.2, 0) is 4.79 Å². The summed E-state index contributed by atoms with van der Waals surface area (Å²) < 4.78 is 32.3. The average Bonchev–Trinajstić information content (AvgIpc) is 2.00. The zero-order chi connectivity index (χ0) is 14.4. The third-order valence-corrected chi connectivity index (χ3v) is 1.43. The maximum atomic E-state index is 10.5. The van der Waals surface area contributed by atoms with Crippen LogP contribution in [0.2, 0.25) is 0 Å². The van der Waals surface area contributed by atoms with E-state index in [0.29, 0.717) is 0 Å².